The number of hydrogen-bond donors (Lipinski definition) is 2. The molecule has 0 unspecified atom stereocenters. The van der Waals surface area contributed by atoms with Crippen molar-refractivity contribution in [3.63, 3.8) is 0 Å². The van der Waals surface area contributed by atoms with E-state index in [0.717, 1.165) is 34.2 Å². The first-order valence-corrected chi connectivity index (χ1v) is 8.41. The van der Waals surface area contributed by atoms with Crippen molar-refractivity contribution >= 4 is 45.4 Å². The number of carbonyl (C=O) groups excluding carboxylic acids is 1. The van der Waals surface area contributed by atoms with Gasteiger partial charge in [-0.1, -0.05) is 24.3 Å². The number of aromatic carboxylic acids is 1. The zero-order valence-corrected chi connectivity index (χ0v) is 12.7. The Balaban J connectivity index is 1.97. The molecule has 2 aromatic rings. The summed E-state index contributed by atoms with van der Waals surface area (Å²) in [6.45, 7) is 0. The van der Waals surface area contributed by atoms with Crippen LogP contribution in [0.5, 0.6) is 0 Å². The topological polar surface area (TPSA) is 66.4 Å². The van der Waals surface area contributed by atoms with E-state index in [4.69, 9.17) is 0 Å². The Hall–Kier alpha value is -1.50. The zero-order valence-electron chi connectivity index (χ0n) is 11.0. The maximum Gasteiger partial charge on any atom is 0.336 e. The van der Waals surface area contributed by atoms with Gasteiger partial charge < -0.3 is 5.11 Å². The lowest BCUT2D eigenvalue weighted by Gasteiger charge is -2.10. The molecule has 0 saturated carbocycles. The summed E-state index contributed by atoms with van der Waals surface area (Å²) >= 11 is 2.69. The van der Waals surface area contributed by atoms with E-state index in [0.29, 0.717) is 4.90 Å². The van der Waals surface area contributed by atoms with Gasteiger partial charge in [0.05, 0.1) is 11.6 Å². The van der Waals surface area contributed by atoms with Crippen LogP contribution in [0.4, 0.5) is 0 Å². The third-order valence-electron chi connectivity index (χ3n) is 3.29. The first kappa shape index (κ1) is 14.4. The molecule has 0 amide bonds. The highest BCUT2D eigenvalue weighted by Gasteiger charge is 2.25. The van der Waals surface area contributed by atoms with Gasteiger partial charge in [-0.3, -0.25) is 10.1 Å². The number of carboxylic acids is 1. The lowest BCUT2D eigenvalue weighted by atomic mass is 10.1. The fourth-order valence-corrected chi connectivity index (χ4v) is 4.21. The number of rotatable bonds is 3. The fraction of sp³-hybridized carbons (Fsp3) is 0.200. The van der Waals surface area contributed by atoms with Gasteiger partial charge in [0.1, 0.15) is 0 Å². The van der Waals surface area contributed by atoms with Gasteiger partial charge in [0.15, 0.2) is 0 Å². The van der Waals surface area contributed by atoms with E-state index in [1.54, 1.807) is 23.9 Å². The van der Waals surface area contributed by atoms with E-state index in [2.05, 4.69) is 5.32 Å². The van der Waals surface area contributed by atoms with Crippen LogP contribution in [0.15, 0.2) is 41.3 Å². The molecule has 0 spiro atoms. The molecule has 0 aromatic heterocycles. The fourth-order valence-electron chi connectivity index (χ4n) is 2.20. The average Bonchev–Trinajstić information content (AvgIpc) is 3.00. The van der Waals surface area contributed by atoms with Crippen molar-refractivity contribution in [2.45, 2.75) is 10.9 Å². The van der Waals surface area contributed by atoms with Crippen LogP contribution in [0.25, 0.3) is 10.8 Å². The molecule has 1 aliphatic rings. The Kier molecular flexibility index (Phi) is 4.19. The van der Waals surface area contributed by atoms with Gasteiger partial charge in [-0.05, 0) is 34.7 Å². The molecule has 1 atom stereocenters. The van der Waals surface area contributed by atoms with Crippen LogP contribution in [0.1, 0.15) is 10.4 Å². The van der Waals surface area contributed by atoms with Crippen molar-refractivity contribution in [1.29, 1.82) is 0 Å². The second kappa shape index (κ2) is 6.09. The van der Waals surface area contributed by atoms with Crippen LogP contribution in [0.3, 0.4) is 0 Å². The summed E-state index contributed by atoms with van der Waals surface area (Å²) in [5, 5.41) is 14.2. The van der Waals surface area contributed by atoms with Gasteiger partial charge in [-0.2, -0.15) is 0 Å². The molecule has 0 radical (unpaired) electrons. The number of carboxylic acid groups (broad SMARTS) is 1. The predicted octanol–water partition coefficient (Wildman–Crippen LogP) is 2.82. The van der Waals surface area contributed by atoms with Gasteiger partial charge in [-0.15, -0.1) is 11.8 Å². The maximum atomic E-state index is 12.2. The normalized spacial score (nSPS) is 18.0. The Morgan fingerprint density at radius 3 is 2.57 bits per heavy atom. The molecule has 108 valence electrons. The predicted molar refractivity (Wildman–Crippen MR) is 86.0 cm³/mol. The minimum Gasteiger partial charge on any atom is -0.478 e. The first-order valence-electron chi connectivity index (χ1n) is 6.44. The number of benzene rings is 2. The summed E-state index contributed by atoms with van der Waals surface area (Å²) in [5.74, 6) is 0.493. The van der Waals surface area contributed by atoms with E-state index in [1.165, 1.54) is 0 Å². The summed E-state index contributed by atoms with van der Waals surface area (Å²) in [6, 6.07) is 10.8. The quantitative estimate of drug-likeness (QED) is 0.848. The van der Waals surface area contributed by atoms with E-state index >= 15 is 0 Å². The second-order valence-corrected chi connectivity index (χ2v) is 6.77. The van der Waals surface area contributed by atoms with Crippen molar-refractivity contribution in [1.82, 2.24) is 5.32 Å². The molecule has 0 aliphatic carbocycles. The van der Waals surface area contributed by atoms with Gasteiger partial charge in [-0.25, -0.2) is 4.79 Å². The number of carbonyl (C=O) groups is 2. The monoisotopic (exact) mass is 319 g/mol. The molecule has 1 fully saturated rings. The van der Waals surface area contributed by atoms with Crippen molar-refractivity contribution in [3.8, 4) is 0 Å². The molecule has 21 heavy (non-hydrogen) atoms. The lowest BCUT2D eigenvalue weighted by molar-refractivity contribution is -0.112. The van der Waals surface area contributed by atoms with Crippen LogP contribution in [-0.2, 0) is 4.79 Å². The highest BCUT2D eigenvalue weighted by atomic mass is 32.2. The third-order valence-corrected chi connectivity index (χ3v) is 5.27. The molecule has 6 heteroatoms. The van der Waals surface area contributed by atoms with Crippen molar-refractivity contribution in [2.75, 3.05) is 11.6 Å². The Bertz CT molecular complexity index is 711. The van der Waals surface area contributed by atoms with Crippen LogP contribution in [-0.4, -0.2) is 33.9 Å². The summed E-state index contributed by atoms with van der Waals surface area (Å²) in [7, 11) is 0. The lowest BCUT2D eigenvalue weighted by Crippen LogP contribution is -2.30. The van der Waals surface area contributed by atoms with Gasteiger partial charge in [0.2, 0.25) is 5.12 Å². The van der Waals surface area contributed by atoms with Crippen molar-refractivity contribution < 1.29 is 14.7 Å². The van der Waals surface area contributed by atoms with Crippen LogP contribution in [0.2, 0.25) is 0 Å². The minimum absolute atomic E-state index is 0.0298. The van der Waals surface area contributed by atoms with Gasteiger partial charge >= 0.3 is 5.97 Å². The van der Waals surface area contributed by atoms with E-state index in [1.807, 2.05) is 24.3 Å². The molecule has 1 aliphatic heterocycles. The standard InChI is InChI=1S/C15H13NO3S2/c17-14(18)11-5-9-3-1-2-4-10(9)6-13(11)21-15(19)12-7-20-8-16-12/h1-6,12,16H,7-8H2,(H,17,18)/t12-/m0/s1. The summed E-state index contributed by atoms with van der Waals surface area (Å²) in [6.07, 6.45) is 0. The SMILES string of the molecule is O=C(O)c1cc2ccccc2cc1SC(=O)[C@@H]1CSCN1. The molecular weight excluding hydrogens is 306 g/mol. The van der Waals surface area contributed by atoms with Crippen molar-refractivity contribution in [3.05, 3.63) is 42.0 Å². The van der Waals surface area contributed by atoms with E-state index in [-0.39, 0.29) is 16.7 Å². The smallest absolute Gasteiger partial charge is 0.336 e. The van der Waals surface area contributed by atoms with Crippen LogP contribution >= 0.6 is 23.5 Å². The summed E-state index contributed by atoms with van der Waals surface area (Å²) in [5.41, 5.74) is 0.178. The minimum atomic E-state index is -1.01. The maximum absolute atomic E-state index is 12.2. The van der Waals surface area contributed by atoms with Crippen molar-refractivity contribution in [2.24, 2.45) is 0 Å². The Morgan fingerprint density at radius 1 is 1.24 bits per heavy atom. The molecule has 2 N–H and O–H groups in total. The number of nitrogens with one attached hydrogen (secondary N) is 1. The molecule has 1 heterocycles. The number of hydrogen-bond acceptors (Lipinski definition) is 5. The highest BCUT2D eigenvalue weighted by Crippen LogP contribution is 2.30. The molecule has 0 bridgehead atoms. The molecule has 2 aromatic carbocycles. The first-order chi connectivity index (χ1) is 10.1. The molecule has 4 nitrogen and oxygen atoms in total. The van der Waals surface area contributed by atoms with E-state index in [9.17, 15) is 14.7 Å². The van der Waals surface area contributed by atoms with Crippen LogP contribution < -0.4 is 5.32 Å². The Morgan fingerprint density at radius 2 is 1.95 bits per heavy atom. The average molecular weight is 319 g/mol. The highest BCUT2D eigenvalue weighted by molar-refractivity contribution is 8.14. The molecule has 3 rings (SSSR count). The number of thioether (sulfide) groups is 2. The second-order valence-electron chi connectivity index (χ2n) is 4.69. The van der Waals surface area contributed by atoms with Gasteiger partial charge in [0, 0.05) is 16.5 Å². The van der Waals surface area contributed by atoms with Gasteiger partial charge in [0.25, 0.3) is 0 Å². The summed E-state index contributed by atoms with van der Waals surface area (Å²) in [4.78, 5) is 24.1. The molecule has 1 saturated heterocycles. The van der Waals surface area contributed by atoms with E-state index < -0.39 is 5.97 Å². The zero-order chi connectivity index (χ0) is 14.8. The third kappa shape index (κ3) is 3.07. The Labute approximate surface area is 130 Å². The largest absolute Gasteiger partial charge is 0.478 e. The molecular formula is C15H13NO3S2. The van der Waals surface area contributed by atoms with Crippen LogP contribution in [0, 0.1) is 0 Å². The number of fused-ring (bicyclic) bond motifs is 1. The summed E-state index contributed by atoms with van der Waals surface area (Å²) < 4.78 is 0.